The molecule has 0 aromatic carbocycles. The predicted octanol–water partition coefficient (Wildman–Crippen LogP) is 1.91. The zero-order valence-electron chi connectivity index (χ0n) is 10.5. The van der Waals surface area contributed by atoms with Crippen LogP contribution in [0.3, 0.4) is 0 Å². The van der Waals surface area contributed by atoms with Gasteiger partial charge in [0.15, 0.2) is 11.6 Å². The van der Waals surface area contributed by atoms with Gasteiger partial charge in [0.1, 0.15) is 0 Å². The molecular formula is C13H21NO2S. The standard InChI is InChI=1S/C13H21NO2S/c1-8(2)10-4-3-9(5-12(10)15)6-13(16)11(14)7-17/h9,11,17H,3-7,14H2,1-2H3/t9?,11-/m1/s1. The maximum Gasteiger partial charge on any atom is 0.159 e. The van der Waals surface area contributed by atoms with E-state index in [1.165, 1.54) is 0 Å². The molecule has 2 N–H and O–H groups in total. The third-order valence-electron chi connectivity index (χ3n) is 3.32. The summed E-state index contributed by atoms with van der Waals surface area (Å²) in [6.07, 6.45) is 2.63. The van der Waals surface area contributed by atoms with Crippen LogP contribution in [0.4, 0.5) is 0 Å². The number of carbonyl (C=O) groups is 2. The highest BCUT2D eigenvalue weighted by atomic mass is 32.1. The van der Waals surface area contributed by atoms with E-state index < -0.39 is 6.04 Å². The Bertz CT molecular complexity index is 345. The van der Waals surface area contributed by atoms with E-state index in [1.807, 2.05) is 13.8 Å². The summed E-state index contributed by atoms with van der Waals surface area (Å²) in [5.74, 6) is 0.773. The predicted molar refractivity (Wildman–Crippen MR) is 72.2 cm³/mol. The lowest BCUT2D eigenvalue weighted by molar-refractivity contribution is -0.122. The number of hydrogen-bond donors (Lipinski definition) is 2. The van der Waals surface area contributed by atoms with Gasteiger partial charge in [-0.25, -0.2) is 0 Å². The topological polar surface area (TPSA) is 60.2 Å². The van der Waals surface area contributed by atoms with Gasteiger partial charge < -0.3 is 5.73 Å². The average Bonchev–Trinajstić information content (AvgIpc) is 2.27. The maximum absolute atomic E-state index is 11.9. The summed E-state index contributed by atoms with van der Waals surface area (Å²) in [7, 11) is 0. The van der Waals surface area contributed by atoms with Crippen LogP contribution < -0.4 is 5.73 Å². The molecule has 4 heteroatoms. The van der Waals surface area contributed by atoms with E-state index in [-0.39, 0.29) is 17.5 Å². The van der Waals surface area contributed by atoms with Gasteiger partial charge in [-0.05, 0) is 38.2 Å². The molecule has 2 atom stereocenters. The SMILES string of the molecule is CC(C)=C1CCC(CC(=O)[C@H](N)CS)CC1=O. The molecule has 1 saturated carbocycles. The fraction of sp³-hybridized carbons (Fsp3) is 0.692. The fourth-order valence-electron chi connectivity index (χ4n) is 2.22. The van der Waals surface area contributed by atoms with Crippen LogP contribution in [0.2, 0.25) is 0 Å². The summed E-state index contributed by atoms with van der Waals surface area (Å²) in [5, 5.41) is 0. The first-order valence-corrected chi connectivity index (χ1v) is 6.67. The molecule has 0 aromatic rings. The van der Waals surface area contributed by atoms with Crippen molar-refractivity contribution in [1.82, 2.24) is 0 Å². The van der Waals surface area contributed by atoms with E-state index in [0.717, 1.165) is 24.0 Å². The minimum absolute atomic E-state index is 0.0263. The molecule has 1 fully saturated rings. The van der Waals surface area contributed by atoms with Crippen molar-refractivity contribution in [3.05, 3.63) is 11.1 Å². The second-order valence-electron chi connectivity index (χ2n) is 4.97. The van der Waals surface area contributed by atoms with Crippen molar-refractivity contribution in [2.45, 2.75) is 45.6 Å². The molecule has 1 aliphatic rings. The highest BCUT2D eigenvalue weighted by Crippen LogP contribution is 2.29. The van der Waals surface area contributed by atoms with Crippen LogP contribution in [0.5, 0.6) is 0 Å². The fourth-order valence-corrected chi connectivity index (χ4v) is 2.42. The van der Waals surface area contributed by atoms with E-state index in [4.69, 9.17) is 5.73 Å². The smallest absolute Gasteiger partial charge is 0.159 e. The summed E-state index contributed by atoms with van der Waals surface area (Å²) in [5.41, 5.74) is 7.68. The number of rotatable bonds is 4. The Balaban J connectivity index is 2.54. The first kappa shape index (κ1) is 14.5. The lowest BCUT2D eigenvalue weighted by Crippen LogP contribution is -2.34. The molecular weight excluding hydrogens is 234 g/mol. The van der Waals surface area contributed by atoms with Crippen molar-refractivity contribution in [1.29, 1.82) is 0 Å². The van der Waals surface area contributed by atoms with Crippen LogP contribution in [0.1, 0.15) is 39.5 Å². The number of Topliss-reactive ketones (excluding diaryl/α,β-unsaturated/α-hetero) is 2. The molecule has 0 aromatic heterocycles. The van der Waals surface area contributed by atoms with Crippen LogP contribution in [0.15, 0.2) is 11.1 Å². The number of thiol groups is 1. The number of hydrogen-bond acceptors (Lipinski definition) is 4. The molecule has 0 amide bonds. The monoisotopic (exact) mass is 255 g/mol. The molecule has 1 rings (SSSR count). The van der Waals surface area contributed by atoms with Crippen LogP contribution in [0, 0.1) is 5.92 Å². The molecule has 0 bridgehead atoms. The molecule has 0 spiro atoms. The minimum Gasteiger partial charge on any atom is -0.321 e. The molecule has 0 radical (unpaired) electrons. The van der Waals surface area contributed by atoms with Crippen LogP contribution in [-0.2, 0) is 9.59 Å². The van der Waals surface area contributed by atoms with Gasteiger partial charge >= 0.3 is 0 Å². The maximum atomic E-state index is 11.9. The van der Waals surface area contributed by atoms with E-state index in [9.17, 15) is 9.59 Å². The van der Waals surface area contributed by atoms with Crippen LogP contribution in [0.25, 0.3) is 0 Å². The van der Waals surface area contributed by atoms with E-state index in [1.54, 1.807) is 0 Å². The first-order chi connectivity index (χ1) is 7.95. The van der Waals surface area contributed by atoms with E-state index >= 15 is 0 Å². The number of ketones is 2. The first-order valence-electron chi connectivity index (χ1n) is 6.04. The molecule has 3 nitrogen and oxygen atoms in total. The highest BCUT2D eigenvalue weighted by Gasteiger charge is 2.27. The van der Waals surface area contributed by atoms with E-state index in [0.29, 0.717) is 18.6 Å². The van der Waals surface area contributed by atoms with Gasteiger partial charge in [-0.15, -0.1) is 0 Å². The van der Waals surface area contributed by atoms with Crippen molar-refractivity contribution in [2.24, 2.45) is 11.7 Å². The van der Waals surface area contributed by atoms with Gasteiger partial charge in [-0.1, -0.05) is 5.57 Å². The molecule has 17 heavy (non-hydrogen) atoms. The zero-order valence-corrected chi connectivity index (χ0v) is 11.4. The quantitative estimate of drug-likeness (QED) is 0.596. The second-order valence-corrected chi connectivity index (χ2v) is 5.34. The molecule has 0 heterocycles. The Morgan fingerprint density at radius 3 is 2.65 bits per heavy atom. The van der Waals surface area contributed by atoms with Crippen molar-refractivity contribution in [2.75, 3.05) is 5.75 Å². The molecule has 1 unspecified atom stereocenters. The highest BCUT2D eigenvalue weighted by molar-refractivity contribution is 7.80. The Morgan fingerprint density at radius 2 is 2.18 bits per heavy atom. The average molecular weight is 255 g/mol. The Kier molecular flexibility index (Phi) is 5.40. The lowest BCUT2D eigenvalue weighted by atomic mass is 9.80. The third kappa shape index (κ3) is 3.96. The summed E-state index contributed by atoms with van der Waals surface area (Å²) in [6.45, 7) is 3.94. The number of nitrogens with two attached hydrogens (primary N) is 1. The van der Waals surface area contributed by atoms with E-state index in [2.05, 4.69) is 12.6 Å². The normalized spacial score (nSPS) is 22.5. The summed E-state index contributed by atoms with van der Waals surface area (Å²) in [6, 6.07) is -0.488. The van der Waals surface area contributed by atoms with Crippen LogP contribution >= 0.6 is 12.6 Å². The van der Waals surface area contributed by atoms with Gasteiger partial charge in [0.25, 0.3) is 0 Å². The van der Waals surface area contributed by atoms with Gasteiger partial charge in [0, 0.05) is 18.6 Å². The third-order valence-corrected chi connectivity index (χ3v) is 3.71. The Labute approximate surface area is 108 Å². The van der Waals surface area contributed by atoms with Crippen molar-refractivity contribution < 1.29 is 9.59 Å². The summed E-state index contributed by atoms with van der Waals surface area (Å²) in [4.78, 5) is 23.5. The van der Waals surface area contributed by atoms with Gasteiger partial charge in [-0.2, -0.15) is 12.6 Å². The van der Waals surface area contributed by atoms with Crippen molar-refractivity contribution in [3.8, 4) is 0 Å². The molecule has 1 aliphatic carbocycles. The Morgan fingerprint density at radius 1 is 1.53 bits per heavy atom. The van der Waals surface area contributed by atoms with Crippen LogP contribution in [-0.4, -0.2) is 23.4 Å². The minimum atomic E-state index is -0.488. The molecule has 0 aliphatic heterocycles. The zero-order chi connectivity index (χ0) is 13.0. The van der Waals surface area contributed by atoms with Gasteiger partial charge in [-0.3, -0.25) is 9.59 Å². The van der Waals surface area contributed by atoms with Crippen molar-refractivity contribution >= 4 is 24.2 Å². The number of carbonyl (C=O) groups excluding carboxylic acids is 2. The van der Waals surface area contributed by atoms with Gasteiger partial charge in [0.05, 0.1) is 6.04 Å². The number of allylic oxidation sites excluding steroid dienone is 2. The Hall–Kier alpha value is -0.610. The van der Waals surface area contributed by atoms with Crippen molar-refractivity contribution in [3.63, 3.8) is 0 Å². The summed E-state index contributed by atoms with van der Waals surface area (Å²) < 4.78 is 0. The van der Waals surface area contributed by atoms with Gasteiger partial charge in [0.2, 0.25) is 0 Å². The largest absolute Gasteiger partial charge is 0.321 e. The second kappa shape index (κ2) is 6.36. The molecule has 0 saturated heterocycles. The lowest BCUT2D eigenvalue weighted by Gasteiger charge is -2.24. The summed E-state index contributed by atoms with van der Waals surface area (Å²) >= 11 is 4.01. The molecule has 96 valence electrons.